The Balaban J connectivity index is 1.14. The molecule has 0 radical (unpaired) electrons. The molecular formula is C30H50F3N7OS. The van der Waals surface area contributed by atoms with E-state index in [1.807, 2.05) is 22.8 Å². The lowest BCUT2D eigenvalue weighted by Gasteiger charge is -2.49. The van der Waals surface area contributed by atoms with E-state index in [-0.39, 0.29) is 43.7 Å². The van der Waals surface area contributed by atoms with E-state index in [1.54, 1.807) is 6.07 Å². The zero-order valence-electron chi connectivity index (χ0n) is 25.5. The molecule has 1 aromatic heterocycles. The van der Waals surface area contributed by atoms with Gasteiger partial charge < -0.3 is 4.74 Å². The largest absolute Gasteiger partial charge is 0.477 e. The van der Waals surface area contributed by atoms with Gasteiger partial charge in [0.15, 0.2) is 0 Å². The molecule has 12 heteroatoms. The first-order valence-electron chi connectivity index (χ1n) is 16.2. The molecule has 1 aliphatic carbocycles. The fourth-order valence-electron chi connectivity index (χ4n) is 7.90. The van der Waals surface area contributed by atoms with Crippen molar-refractivity contribution in [3.05, 3.63) is 12.3 Å². The second kappa shape index (κ2) is 12.4. The second-order valence-electron chi connectivity index (χ2n) is 14.1. The number of alkyl halides is 3. The molecule has 1 saturated carbocycles. The van der Waals surface area contributed by atoms with E-state index in [4.69, 9.17) is 4.74 Å². The third-order valence-electron chi connectivity index (χ3n) is 10.8. The number of hydrogen-bond acceptors (Lipinski definition) is 8. The van der Waals surface area contributed by atoms with Gasteiger partial charge in [-0.15, -0.1) is 5.10 Å². The predicted octanol–water partition coefficient (Wildman–Crippen LogP) is 5.45. The van der Waals surface area contributed by atoms with Gasteiger partial charge in [0.05, 0.1) is 29.7 Å². The van der Waals surface area contributed by atoms with Gasteiger partial charge in [0.2, 0.25) is 5.88 Å². The summed E-state index contributed by atoms with van der Waals surface area (Å²) in [5.41, 5.74) is -1.44. The summed E-state index contributed by atoms with van der Waals surface area (Å²) in [4.78, 5) is 5.31. The molecule has 238 valence electrons. The van der Waals surface area contributed by atoms with Gasteiger partial charge in [-0.25, -0.2) is 0 Å². The van der Waals surface area contributed by atoms with Gasteiger partial charge in [-0.05, 0) is 104 Å². The Morgan fingerprint density at radius 1 is 1.02 bits per heavy atom. The molecule has 1 aromatic rings. The smallest absolute Gasteiger partial charge is 0.394 e. The van der Waals surface area contributed by atoms with Crippen molar-refractivity contribution in [1.29, 1.82) is 0 Å². The summed E-state index contributed by atoms with van der Waals surface area (Å²) in [7, 11) is 2.27. The molecule has 0 aromatic carbocycles. The average Bonchev–Trinajstić information content (AvgIpc) is 3.51. The lowest BCUT2D eigenvalue weighted by atomic mass is 9.90. The van der Waals surface area contributed by atoms with E-state index in [2.05, 4.69) is 51.1 Å². The number of nitrogens with one attached hydrogen (secondary N) is 3. The third kappa shape index (κ3) is 6.63. The maximum absolute atomic E-state index is 13.3. The fourth-order valence-corrected chi connectivity index (χ4v) is 8.92. The molecule has 4 aliphatic heterocycles. The Kier molecular flexibility index (Phi) is 9.13. The Morgan fingerprint density at radius 2 is 1.86 bits per heavy atom. The highest BCUT2D eigenvalue weighted by atomic mass is 32.2. The molecule has 5 unspecified atom stereocenters. The Morgan fingerprint density at radius 3 is 2.64 bits per heavy atom. The minimum atomic E-state index is -4.15. The molecular weight excluding hydrogens is 563 g/mol. The minimum Gasteiger partial charge on any atom is -0.477 e. The number of fused-ring (bicyclic) bond motifs is 5. The normalized spacial score (nSPS) is 36.0. The summed E-state index contributed by atoms with van der Waals surface area (Å²) in [6.45, 7) is 6.89. The number of ether oxygens (including phenoxy) is 1. The van der Waals surface area contributed by atoms with Crippen LogP contribution in [0.25, 0.3) is 0 Å². The van der Waals surface area contributed by atoms with Gasteiger partial charge in [-0.1, -0.05) is 11.9 Å². The summed E-state index contributed by atoms with van der Waals surface area (Å²) < 4.78 is 51.3. The van der Waals surface area contributed by atoms with Crippen LogP contribution in [0.1, 0.15) is 97.1 Å². The SMILES string of the molecule is CN1CCC[C@@H]2CCC(C)(C)N2C2NC(n3ccc(OCCC4(C(F)(F)F)CC4)n3)CCC2CNSC2CCCC1N2. The quantitative estimate of drug-likeness (QED) is 0.379. The van der Waals surface area contributed by atoms with Crippen LogP contribution in [0, 0.1) is 11.3 Å². The molecule has 6 rings (SSSR count). The highest BCUT2D eigenvalue weighted by Crippen LogP contribution is 2.59. The minimum absolute atomic E-state index is 0.00192. The third-order valence-corrected chi connectivity index (χ3v) is 11.8. The summed E-state index contributed by atoms with van der Waals surface area (Å²) in [5.74, 6) is 0.866. The van der Waals surface area contributed by atoms with Crippen molar-refractivity contribution in [3.63, 3.8) is 0 Å². The first-order valence-corrected chi connectivity index (χ1v) is 17.1. The van der Waals surface area contributed by atoms with E-state index in [0.717, 1.165) is 25.9 Å². The van der Waals surface area contributed by atoms with Gasteiger partial charge in [0, 0.05) is 36.3 Å². The highest BCUT2D eigenvalue weighted by molar-refractivity contribution is 7.98. The van der Waals surface area contributed by atoms with Crippen molar-refractivity contribution in [3.8, 4) is 5.88 Å². The number of piperidine rings is 2. The molecule has 5 heterocycles. The molecule has 3 N–H and O–H groups in total. The molecule has 0 amide bonds. The molecule has 4 saturated heterocycles. The Labute approximate surface area is 253 Å². The number of halogens is 3. The van der Waals surface area contributed by atoms with E-state index < -0.39 is 11.6 Å². The molecule has 2 bridgehead atoms. The van der Waals surface area contributed by atoms with Crippen molar-refractivity contribution >= 4 is 11.9 Å². The standard InChI is InChI=1S/C30H50F3N7OS/c1-28(2)13-11-22-6-5-17-38(3)23-7-4-8-26(35-23)42-34-20-21-9-10-24(36-27(21)40(22)28)39-18-12-25(37-39)41-19-16-29(14-15-29)30(31,32)33/h12,18,21-24,26-27,34-36H,4-11,13-17,19-20H2,1-3H3/t21?,22-,23?,24?,26?,27?/m1/s1. The van der Waals surface area contributed by atoms with Crippen LogP contribution in [0.2, 0.25) is 0 Å². The molecule has 8 nitrogen and oxygen atoms in total. The molecule has 0 spiro atoms. The van der Waals surface area contributed by atoms with E-state index in [0.29, 0.717) is 29.4 Å². The first-order chi connectivity index (χ1) is 20.0. The molecule has 6 atom stereocenters. The monoisotopic (exact) mass is 613 g/mol. The van der Waals surface area contributed by atoms with Crippen molar-refractivity contribution in [2.75, 3.05) is 26.7 Å². The van der Waals surface area contributed by atoms with E-state index in [9.17, 15) is 13.2 Å². The van der Waals surface area contributed by atoms with Crippen molar-refractivity contribution < 1.29 is 17.9 Å². The number of rotatable bonds is 5. The number of aromatic nitrogens is 2. The van der Waals surface area contributed by atoms with Crippen LogP contribution in [-0.2, 0) is 0 Å². The first kappa shape index (κ1) is 31.0. The second-order valence-corrected chi connectivity index (χ2v) is 15.2. The van der Waals surface area contributed by atoms with Crippen LogP contribution in [0.3, 0.4) is 0 Å². The number of nitrogens with zero attached hydrogens (tertiary/aromatic N) is 4. The highest BCUT2D eigenvalue weighted by Gasteiger charge is 2.62. The Hall–Kier alpha value is -1.05. The summed E-state index contributed by atoms with van der Waals surface area (Å²) in [6.07, 6.45) is 9.36. The maximum Gasteiger partial charge on any atom is 0.394 e. The van der Waals surface area contributed by atoms with Gasteiger partial charge in [-0.2, -0.15) is 13.2 Å². The van der Waals surface area contributed by atoms with Gasteiger partial charge in [0.1, 0.15) is 6.17 Å². The Bertz CT molecular complexity index is 1050. The van der Waals surface area contributed by atoms with Crippen molar-refractivity contribution in [2.45, 2.75) is 133 Å². The van der Waals surface area contributed by atoms with Crippen LogP contribution >= 0.6 is 11.9 Å². The zero-order valence-corrected chi connectivity index (χ0v) is 26.3. The molecule has 5 fully saturated rings. The topological polar surface area (TPSA) is 69.6 Å². The van der Waals surface area contributed by atoms with Crippen molar-refractivity contribution in [2.24, 2.45) is 11.3 Å². The van der Waals surface area contributed by atoms with Crippen LogP contribution in [0.4, 0.5) is 13.2 Å². The van der Waals surface area contributed by atoms with Gasteiger partial charge in [-0.3, -0.25) is 29.8 Å². The molecule has 42 heavy (non-hydrogen) atoms. The molecule has 5 aliphatic rings. The predicted molar refractivity (Wildman–Crippen MR) is 160 cm³/mol. The summed E-state index contributed by atoms with van der Waals surface area (Å²) >= 11 is 1.86. The summed E-state index contributed by atoms with van der Waals surface area (Å²) in [6, 6.07) is 2.32. The van der Waals surface area contributed by atoms with E-state index >= 15 is 0 Å². The van der Waals surface area contributed by atoms with Crippen LogP contribution in [-0.4, -0.2) is 81.8 Å². The van der Waals surface area contributed by atoms with Crippen LogP contribution in [0.15, 0.2) is 12.3 Å². The zero-order chi connectivity index (χ0) is 29.5. The maximum atomic E-state index is 13.3. The van der Waals surface area contributed by atoms with Crippen molar-refractivity contribution in [1.82, 2.24) is 34.9 Å². The fraction of sp³-hybridized carbons (Fsp3) is 0.900. The number of hydrogen-bond donors (Lipinski definition) is 3. The van der Waals surface area contributed by atoms with Gasteiger partial charge in [0.25, 0.3) is 0 Å². The summed E-state index contributed by atoms with van der Waals surface area (Å²) in [5, 5.41) is 13.0. The lowest BCUT2D eigenvalue weighted by Crippen LogP contribution is -2.62. The van der Waals surface area contributed by atoms with Gasteiger partial charge >= 0.3 is 6.18 Å². The van der Waals surface area contributed by atoms with Crippen LogP contribution < -0.4 is 20.1 Å². The average molecular weight is 614 g/mol. The van der Waals surface area contributed by atoms with Crippen LogP contribution in [0.5, 0.6) is 5.88 Å². The lowest BCUT2D eigenvalue weighted by molar-refractivity contribution is -0.190. The van der Waals surface area contributed by atoms with E-state index in [1.165, 1.54) is 44.9 Å².